The third kappa shape index (κ3) is 4.30. The first-order chi connectivity index (χ1) is 9.78. The number of hydrogen-bond donors (Lipinski definition) is 1. The highest BCUT2D eigenvalue weighted by Gasteiger charge is 2.29. The van der Waals surface area contributed by atoms with Crippen molar-refractivity contribution >= 4 is 21.6 Å². The first-order valence-electron chi connectivity index (χ1n) is 7.44. The fourth-order valence-electron chi connectivity index (χ4n) is 2.62. The van der Waals surface area contributed by atoms with Gasteiger partial charge in [-0.1, -0.05) is 13.8 Å². The molecule has 0 aromatic carbocycles. The molecule has 1 aromatic rings. The molecule has 1 aromatic heterocycles. The Balaban J connectivity index is 2.14. The lowest BCUT2D eigenvalue weighted by molar-refractivity contribution is -0.0553. The summed E-state index contributed by atoms with van der Waals surface area (Å²) in [5.41, 5.74) is 0.561. The third-order valence-corrected chi connectivity index (χ3v) is 4.35. The second-order valence-electron chi connectivity index (χ2n) is 6.70. The van der Waals surface area contributed by atoms with Gasteiger partial charge in [0.15, 0.2) is 0 Å². The molecule has 21 heavy (non-hydrogen) atoms. The van der Waals surface area contributed by atoms with Crippen LogP contribution in [0.2, 0.25) is 0 Å². The minimum atomic E-state index is -0.123. The number of anilines is 1. The number of rotatable bonds is 4. The van der Waals surface area contributed by atoms with Gasteiger partial charge in [-0.2, -0.15) is 5.10 Å². The van der Waals surface area contributed by atoms with Gasteiger partial charge in [0.05, 0.1) is 17.5 Å². The highest BCUT2D eigenvalue weighted by molar-refractivity contribution is 9.10. The molecule has 0 radical (unpaired) electrons. The van der Waals surface area contributed by atoms with Gasteiger partial charge >= 0.3 is 0 Å². The van der Waals surface area contributed by atoms with Crippen molar-refractivity contribution in [1.29, 1.82) is 0 Å². The molecule has 1 unspecified atom stereocenters. The zero-order chi connectivity index (χ0) is 15.6. The van der Waals surface area contributed by atoms with Gasteiger partial charge in [-0.15, -0.1) is 0 Å². The predicted octanol–water partition coefficient (Wildman–Crippen LogP) is 3.03. The molecule has 1 aliphatic rings. The molecular weight excluding hydrogens is 334 g/mol. The van der Waals surface area contributed by atoms with Crippen molar-refractivity contribution in [2.45, 2.75) is 58.7 Å². The van der Waals surface area contributed by atoms with Crippen LogP contribution in [0.5, 0.6) is 0 Å². The second kappa shape index (κ2) is 6.48. The lowest BCUT2D eigenvalue weighted by Crippen LogP contribution is -2.40. The minimum absolute atomic E-state index is 0.0833. The largest absolute Gasteiger partial charge is 0.380 e. The number of hydrogen-bond acceptors (Lipinski definition) is 4. The Kier molecular flexibility index (Phi) is 5.09. The monoisotopic (exact) mass is 357 g/mol. The molecular formula is C15H24BrN3O2. The Bertz CT molecular complexity index is 554. The smallest absolute Gasteiger partial charge is 0.283 e. The van der Waals surface area contributed by atoms with Crippen molar-refractivity contribution in [3.05, 3.63) is 21.0 Å². The summed E-state index contributed by atoms with van der Waals surface area (Å²) in [7, 11) is 0. The van der Waals surface area contributed by atoms with Crippen molar-refractivity contribution in [1.82, 2.24) is 9.78 Å². The molecule has 5 nitrogen and oxygen atoms in total. The molecule has 0 bridgehead atoms. The zero-order valence-corrected chi connectivity index (χ0v) is 14.7. The van der Waals surface area contributed by atoms with Crippen LogP contribution in [0.1, 0.15) is 40.5 Å². The number of nitrogens with zero attached hydrogens (tertiary/aromatic N) is 2. The number of ether oxygens (including phenoxy) is 1. The van der Waals surface area contributed by atoms with E-state index in [0.717, 1.165) is 25.1 Å². The summed E-state index contributed by atoms with van der Waals surface area (Å²) in [6.07, 6.45) is 3.58. The molecule has 0 saturated carbocycles. The van der Waals surface area contributed by atoms with Crippen molar-refractivity contribution in [2.24, 2.45) is 5.92 Å². The second-order valence-corrected chi connectivity index (χ2v) is 7.49. The van der Waals surface area contributed by atoms with Crippen LogP contribution in [-0.4, -0.2) is 28.0 Å². The van der Waals surface area contributed by atoms with E-state index in [1.807, 2.05) is 0 Å². The van der Waals surface area contributed by atoms with E-state index in [2.05, 4.69) is 54.0 Å². The molecule has 0 spiro atoms. The molecule has 1 atom stereocenters. The number of halogens is 1. The van der Waals surface area contributed by atoms with Crippen molar-refractivity contribution < 1.29 is 4.74 Å². The standard InChI is InChI=1S/C15H24BrN3O2/c1-10(2)9-19-14(20)13(16)12(8-17-19)18-11-5-6-21-15(3,4)7-11/h8,10-11,18H,5-7,9H2,1-4H3. The summed E-state index contributed by atoms with van der Waals surface area (Å²) < 4.78 is 7.78. The van der Waals surface area contributed by atoms with Gasteiger partial charge < -0.3 is 10.1 Å². The van der Waals surface area contributed by atoms with Gasteiger partial charge in [0.1, 0.15) is 4.47 Å². The molecule has 2 heterocycles. The summed E-state index contributed by atoms with van der Waals surface area (Å²) in [5.74, 6) is 0.386. The van der Waals surface area contributed by atoms with Gasteiger partial charge in [-0.05, 0) is 48.5 Å². The van der Waals surface area contributed by atoms with E-state index >= 15 is 0 Å². The topological polar surface area (TPSA) is 56.1 Å². The zero-order valence-electron chi connectivity index (χ0n) is 13.1. The van der Waals surface area contributed by atoms with E-state index in [0.29, 0.717) is 23.0 Å². The number of nitrogens with one attached hydrogen (secondary N) is 1. The average Bonchev–Trinajstić information content (AvgIpc) is 2.37. The summed E-state index contributed by atoms with van der Waals surface area (Å²) >= 11 is 3.41. The van der Waals surface area contributed by atoms with E-state index in [9.17, 15) is 4.79 Å². The Labute approximate surface area is 134 Å². The maximum atomic E-state index is 12.3. The molecule has 0 aliphatic carbocycles. The maximum Gasteiger partial charge on any atom is 0.283 e. The van der Waals surface area contributed by atoms with E-state index in [4.69, 9.17) is 4.74 Å². The normalized spacial score (nSPS) is 21.5. The number of aromatic nitrogens is 2. The van der Waals surface area contributed by atoms with Gasteiger partial charge in [-0.25, -0.2) is 4.68 Å². The van der Waals surface area contributed by atoms with Crippen LogP contribution in [0.4, 0.5) is 5.69 Å². The molecule has 1 saturated heterocycles. The highest BCUT2D eigenvalue weighted by Crippen LogP contribution is 2.27. The summed E-state index contributed by atoms with van der Waals surface area (Å²) in [6.45, 7) is 9.68. The van der Waals surface area contributed by atoms with Crippen molar-refractivity contribution in [3.8, 4) is 0 Å². The third-order valence-electron chi connectivity index (χ3n) is 3.58. The van der Waals surface area contributed by atoms with Crippen molar-refractivity contribution in [3.63, 3.8) is 0 Å². The van der Waals surface area contributed by atoms with Crippen molar-refractivity contribution in [2.75, 3.05) is 11.9 Å². The lowest BCUT2D eigenvalue weighted by atomic mass is 9.94. The Morgan fingerprint density at radius 1 is 1.57 bits per heavy atom. The molecule has 1 N–H and O–H groups in total. The average molecular weight is 358 g/mol. The fraction of sp³-hybridized carbons (Fsp3) is 0.733. The van der Waals surface area contributed by atoms with Crippen LogP contribution < -0.4 is 10.9 Å². The summed E-state index contributed by atoms with van der Waals surface area (Å²) in [5, 5.41) is 7.68. The minimum Gasteiger partial charge on any atom is -0.380 e. The van der Waals surface area contributed by atoms with Gasteiger partial charge in [0.25, 0.3) is 5.56 Å². The van der Waals surface area contributed by atoms with Gasteiger partial charge in [-0.3, -0.25) is 4.79 Å². The van der Waals surface area contributed by atoms with Crippen LogP contribution >= 0.6 is 15.9 Å². The van der Waals surface area contributed by atoms with E-state index < -0.39 is 0 Å². The predicted molar refractivity (Wildman–Crippen MR) is 87.7 cm³/mol. The molecule has 118 valence electrons. The first-order valence-corrected chi connectivity index (χ1v) is 8.24. The molecule has 2 rings (SSSR count). The Morgan fingerprint density at radius 3 is 2.90 bits per heavy atom. The van der Waals surface area contributed by atoms with E-state index in [1.54, 1.807) is 6.20 Å². The summed E-state index contributed by atoms with van der Waals surface area (Å²) in [6, 6.07) is 0.298. The Morgan fingerprint density at radius 2 is 2.29 bits per heavy atom. The summed E-state index contributed by atoms with van der Waals surface area (Å²) in [4.78, 5) is 12.3. The molecule has 6 heteroatoms. The van der Waals surface area contributed by atoms with Crippen LogP contribution in [-0.2, 0) is 11.3 Å². The Hall–Kier alpha value is -0.880. The van der Waals surface area contributed by atoms with Crippen LogP contribution in [0.3, 0.4) is 0 Å². The fourth-order valence-corrected chi connectivity index (χ4v) is 3.04. The maximum absolute atomic E-state index is 12.3. The quantitative estimate of drug-likeness (QED) is 0.899. The highest BCUT2D eigenvalue weighted by atomic mass is 79.9. The molecule has 1 fully saturated rings. The van der Waals surface area contributed by atoms with E-state index in [-0.39, 0.29) is 11.2 Å². The van der Waals surface area contributed by atoms with E-state index in [1.165, 1.54) is 4.68 Å². The molecule has 1 aliphatic heterocycles. The van der Waals surface area contributed by atoms with Crippen LogP contribution in [0, 0.1) is 5.92 Å². The van der Waals surface area contributed by atoms with Gasteiger partial charge in [0, 0.05) is 19.2 Å². The lowest BCUT2D eigenvalue weighted by Gasteiger charge is -2.36. The van der Waals surface area contributed by atoms with Crippen LogP contribution in [0.15, 0.2) is 15.5 Å². The first kappa shape index (κ1) is 16.5. The van der Waals surface area contributed by atoms with Crippen LogP contribution in [0.25, 0.3) is 0 Å². The molecule has 0 amide bonds. The SMILES string of the molecule is CC(C)Cn1ncc(NC2CCOC(C)(C)C2)c(Br)c1=O. The van der Waals surface area contributed by atoms with Gasteiger partial charge in [0.2, 0.25) is 0 Å².